The summed E-state index contributed by atoms with van der Waals surface area (Å²) in [5, 5.41) is 3.06. The third-order valence-electron chi connectivity index (χ3n) is 3.83. The lowest BCUT2D eigenvalue weighted by atomic mass is 10.2. The summed E-state index contributed by atoms with van der Waals surface area (Å²) in [6.07, 6.45) is 0. The predicted octanol–water partition coefficient (Wildman–Crippen LogP) is 5.07. The molecule has 0 aliphatic carbocycles. The van der Waals surface area contributed by atoms with E-state index >= 15 is 0 Å². The Morgan fingerprint density at radius 3 is 2.50 bits per heavy atom. The van der Waals surface area contributed by atoms with Gasteiger partial charge in [-0.15, -0.1) is 0 Å². The normalized spacial score (nSPS) is 10.4. The highest BCUT2D eigenvalue weighted by Gasteiger charge is 2.11. The Morgan fingerprint density at radius 2 is 1.81 bits per heavy atom. The molecule has 0 unspecified atom stereocenters. The van der Waals surface area contributed by atoms with Crippen molar-refractivity contribution < 1.29 is 9.53 Å². The zero-order chi connectivity index (χ0) is 18.5. The number of aryl methyl sites for hydroxylation is 2. The average molecular weight is 367 g/mol. The SMILES string of the molecule is Cc1cccc(Oc2ccc(CNC(=O)c3ccc(C)nc3Cl)cc2)c1. The second-order valence-electron chi connectivity index (χ2n) is 6.04. The van der Waals surface area contributed by atoms with Gasteiger partial charge in [-0.2, -0.15) is 0 Å². The largest absolute Gasteiger partial charge is 0.457 e. The van der Waals surface area contributed by atoms with Crippen LogP contribution in [0.25, 0.3) is 0 Å². The quantitative estimate of drug-likeness (QED) is 0.641. The molecule has 0 fully saturated rings. The topological polar surface area (TPSA) is 51.2 Å². The predicted molar refractivity (Wildman–Crippen MR) is 103 cm³/mol. The van der Waals surface area contributed by atoms with E-state index in [1.54, 1.807) is 12.1 Å². The van der Waals surface area contributed by atoms with Crippen molar-refractivity contribution in [3.8, 4) is 11.5 Å². The Morgan fingerprint density at radius 1 is 1.04 bits per heavy atom. The average Bonchev–Trinajstić information content (AvgIpc) is 2.61. The molecule has 0 saturated carbocycles. The Balaban J connectivity index is 1.60. The molecule has 132 valence electrons. The number of nitrogens with one attached hydrogen (secondary N) is 1. The van der Waals surface area contributed by atoms with Gasteiger partial charge in [-0.25, -0.2) is 4.98 Å². The number of nitrogens with zero attached hydrogens (tertiary/aromatic N) is 1. The number of amides is 1. The Hall–Kier alpha value is -2.85. The van der Waals surface area contributed by atoms with Crippen LogP contribution in [0, 0.1) is 13.8 Å². The Labute approximate surface area is 157 Å². The maximum Gasteiger partial charge on any atom is 0.254 e. The maximum absolute atomic E-state index is 12.2. The van der Waals surface area contributed by atoms with E-state index in [1.807, 2.05) is 62.4 Å². The second-order valence-corrected chi connectivity index (χ2v) is 6.39. The lowest BCUT2D eigenvalue weighted by molar-refractivity contribution is 0.0950. The number of ether oxygens (including phenoxy) is 1. The summed E-state index contributed by atoms with van der Waals surface area (Å²) in [6.45, 7) is 4.25. The minimum Gasteiger partial charge on any atom is -0.457 e. The summed E-state index contributed by atoms with van der Waals surface area (Å²) in [6, 6.07) is 18.9. The molecule has 2 aromatic carbocycles. The summed E-state index contributed by atoms with van der Waals surface area (Å²) >= 11 is 6.03. The van der Waals surface area contributed by atoms with Gasteiger partial charge in [-0.1, -0.05) is 35.9 Å². The van der Waals surface area contributed by atoms with Gasteiger partial charge in [-0.3, -0.25) is 4.79 Å². The second kappa shape index (κ2) is 8.02. The third kappa shape index (κ3) is 4.61. The van der Waals surface area contributed by atoms with Gasteiger partial charge in [0, 0.05) is 12.2 Å². The number of carbonyl (C=O) groups excluding carboxylic acids is 1. The number of hydrogen-bond donors (Lipinski definition) is 1. The highest BCUT2D eigenvalue weighted by Crippen LogP contribution is 2.22. The summed E-state index contributed by atoms with van der Waals surface area (Å²) in [7, 11) is 0. The van der Waals surface area contributed by atoms with Crippen LogP contribution in [0.15, 0.2) is 60.7 Å². The molecule has 0 atom stereocenters. The molecule has 3 rings (SSSR count). The molecule has 0 bridgehead atoms. The van der Waals surface area contributed by atoms with Crippen LogP contribution in [-0.4, -0.2) is 10.9 Å². The van der Waals surface area contributed by atoms with Crippen LogP contribution in [0.1, 0.15) is 27.2 Å². The highest BCUT2D eigenvalue weighted by molar-refractivity contribution is 6.32. The first-order valence-electron chi connectivity index (χ1n) is 8.26. The molecule has 0 saturated heterocycles. The molecule has 0 aliphatic rings. The summed E-state index contributed by atoms with van der Waals surface area (Å²) in [4.78, 5) is 16.3. The molecule has 0 spiro atoms. The van der Waals surface area contributed by atoms with E-state index in [-0.39, 0.29) is 11.1 Å². The molecule has 0 radical (unpaired) electrons. The molecule has 1 heterocycles. The van der Waals surface area contributed by atoms with E-state index in [9.17, 15) is 4.79 Å². The van der Waals surface area contributed by atoms with Gasteiger partial charge in [-0.05, 0) is 61.4 Å². The molecule has 1 N–H and O–H groups in total. The first-order chi connectivity index (χ1) is 12.5. The molecule has 0 aliphatic heterocycles. The zero-order valence-corrected chi connectivity index (χ0v) is 15.4. The molecule has 1 aromatic heterocycles. The summed E-state index contributed by atoms with van der Waals surface area (Å²) < 4.78 is 5.82. The van der Waals surface area contributed by atoms with Gasteiger partial charge in [0.25, 0.3) is 5.91 Å². The van der Waals surface area contributed by atoms with Crippen LogP contribution in [0.4, 0.5) is 0 Å². The standard InChI is InChI=1S/C21H19ClN2O2/c1-14-4-3-5-18(12-14)26-17-9-7-16(8-10-17)13-23-21(25)19-11-6-15(2)24-20(19)22/h3-12H,13H2,1-2H3,(H,23,25). The third-order valence-corrected chi connectivity index (χ3v) is 4.12. The fraction of sp³-hybridized carbons (Fsp3) is 0.143. The van der Waals surface area contributed by atoms with Gasteiger partial charge in [0.05, 0.1) is 5.56 Å². The van der Waals surface area contributed by atoms with E-state index in [1.165, 1.54) is 0 Å². The Bertz CT molecular complexity index is 924. The monoisotopic (exact) mass is 366 g/mol. The van der Waals surface area contributed by atoms with Crippen LogP contribution in [0.5, 0.6) is 11.5 Å². The van der Waals surface area contributed by atoms with Crippen molar-refractivity contribution in [2.45, 2.75) is 20.4 Å². The van der Waals surface area contributed by atoms with Crippen molar-refractivity contribution in [1.29, 1.82) is 0 Å². The molecular formula is C21H19ClN2O2. The number of hydrogen-bond acceptors (Lipinski definition) is 3. The van der Waals surface area contributed by atoms with Gasteiger partial charge in [0.15, 0.2) is 0 Å². The minimum absolute atomic E-state index is 0.212. The molecule has 3 aromatic rings. The minimum atomic E-state index is -0.248. The van der Waals surface area contributed by atoms with Crippen molar-refractivity contribution in [3.05, 3.63) is 88.2 Å². The lowest BCUT2D eigenvalue weighted by Gasteiger charge is -2.09. The van der Waals surface area contributed by atoms with Crippen molar-refractivity contribution in [3.63, 3.8) is 0 Å². The number of pyridine rings is 1. The van der Waals surface area contributed by atoms with E-state index in [0.717, 1.165) is 28.3 Å². The van der Waals surface area contributed by atoms with E-state index < -0.39 is 0 Å². The number of rotatable bonds is 5. The van der Waals surface area contributed by atoms with E-state index in [2.05, 4.69) is 10.3 Å². The first kappa shape index (κ1) is 18.0. The number of aromatic nitrogens is 1. The van der Waals surface area contributed by atoms with Gasteiger partial charge >= 0.3 is 0 Å². The molecule has 1 amide bonds. The lowest BCUT2D eigenvalue weighted by Crippen LogP contribution is -2.23. The smallest absolute Gasteiger partial charge is 0.254 e. The summed E-state index contributed by atoms with van der Waals surface area (Å²) in [5.74, 6) is 1.30. The fourth-order valence-electron chi connectivity index (χ4n) is 2.46. The number of halogens is 1. The maximum atomic E-state index is 12.2. The van der Waals surface area contributed by atoms with Crippen molar-refractivity contribution in [1.82, 2.24) is 10.3 Å². The van der Waals surface area contributed by atoms with Crippen molar-refractivity contribution >= 4 is 17.5 Å². The van der Waals surface area contributed by atoms with Crippen LogP contribution in [0.3, 0.4) is 0 Å². The van der Waals surface area contributed by atoms with Crippen LogP contribution >= 0.6 is 11.6 Å². The molecule has 5 heteroatoms. The zero-order valence-electron chi connectivity index (χ0n) is 14.6. The van der Waals surface area contributed by atoms with Crippen molar-refractivity contribution in [2.24, 2.45) is 0 Å². The first-order valence-corrected chi connectivity index (χ1v) is 8.64. The van der Waals surface area contributed by atoms with Gasteiger partial charge < -0.3 is 10.1 Å². The molecular weight excluding hydrogens is 348 g/mol. The Kier molecular flexibility index (Phi) is 5.54. The van der Waals surface area contributed by atoms with Crippen LogP contribution < -0.4 is 10.1 Å². The summed E-state index contributed by atoms with van der Waals surface area (Å²) in [5.41, 5.74) is 3.25. The fourth-order valence-corrected chi connectivity index (χ4v) is 2.74. The van der Waals surface area contributed by atoms with Gasteiger partial charge in [0.2, 0.25) is 0 Å². The highest BCUT2D eigenvalue weighted by atomic mass is 35.5. The van der Waals surface area contributed by atoms with Crippen LogP contribution in [-0.2, 0) is 6.54 Å². The van der Waals surface area contributed by atoms with Gasteiger partial charge in [0.1, 0.15) is 16.7 Å². The number of benzene rings is 2. The number of carbonyl (C=O) groups is 1. The molecule has 4 nitrogen and oxygen atoms in total. The molecule has 26 heavy (non-hydrogen) atoms. The van der Waals surface area contributed by atoms with E-state index in [4.69, 9.17) is 16.3 Å². The van der Waals surface area contributed by atoms with Crippen molar-refractivity contribution in [2.75, 3.05) is 0 Å². The van der Waals surface area contributed by atoms with E-state index in [0.29, 0.717) is 12.1 Å². The van der Waals surface area contributed by atoms with Crippen LogP contribution in [0.2, 0.25) is 5.15 Å².